The second-order valence-corrected chi connectivity index (χ2v) is 5.56. The molecule has 3 rings (SSSR count). The molecule has 25 heavy (non-hydrogen) atoms. The number of nitrogens with zero attached hydrogens (tertiary/aromatic N) is 2. The van der Waals surface area contributed by atoms with Gasteiger partial charge in [-0.05, 0) is 37.6 Å². The van der Waals surface area contributed by atoms with E-state index < -0.39 is 0 Å². The molecule has 0 unspecified atom stereocenters. The van der Waals surface area contributed by atoms with Crippen LogP contribution in [-0.2, 0) is 4.74 Å². The molecular formula is C21H20N2O2. The van der Waals surface area contributed by atoms with Crippen molar-refractivity contribution in [3.63, 3.8) is 0 Å². The average molecular weight is 332 g/mol. The van der Waals surface area contributed by atoms with Gasteiger partial charge in [-0.25, -0.2) is 9.48 Å². The summed E-state index contributed by atoms with van der Waals surface area (Å²) in [5.41, 5.74) is 3.81. The fourth-order valence-corrected chi connectivity index (χ4v) is 2.66. The first-order valence-corrected chi connectivity index (χ1v) is 8.26. The van der Waals surface area contributed by atoms with E-state index in [4.69, 9.17) is 4.74 Å². The quantitative estimate of drug-likeness (QED) is 0.645. The van der Waals surface area contributed by atoms with Crippen LogP contribution in [0.5, 0.6) is 0 Å². The van der Waals surface area contributed by atoms with E-state index in [-0.39, 0.29) is 5.97 Å². The molecule has 0 amide bonds. The van der Waals surface area contributed by atoms with Gasteiger partial charge in [-0.3, -0.25) is 0 Å². The van der Waals surface area contributed by atoms with Crippen molar-refractivity contribution in [2.24, 2.45) is 0 Å². The predicted octanol–water partition coefficient (Wildman–Crippen LogP) is 4.53. The van der Waals surface area contributed by atoms with Crippen LogP contribution in [0.15, 0.2) is 60.7 Å². The van der Waals surface area contributed by atoms with Gasteiger partial charge in [0.05, 0.1) is 23.7 Å². The minimum absolute atomic E-state index is 0.330. The number of hydrogen-bond donors (Lipinski definition) is 0. The van der Waals surface area contributed by atoms with Crippen LogP contribution in [0.4, 0.5) is 0 Å². The van der Waals surface area contributed by atoms with E-state index in [9.17, 15) is 4.79 Å². The van der Waals surface area contributed by atoms with Gasteiger partial charge >= 0.3 is 5.97 Å². The van der Waals surface area contributed by atoms with Crippen molar-refractivity contribution in [2.75, 3.05) is 6.61 Å². The van der Waals surface area contributed by atoms with Crippen molar-refractivity contribution >= 4 is 18.1 Å². The lowest BCUT2D eigenvalue weighted by molar-refractivity contribution is 0.0525. The average Bonchev–Trinajstić information content (AvgIpc) is 2.98. The van der Waals surface area contributed by atoms with Crippen LogP contribution < -0.4 is 0 Å². The molecule has 0 aliphatic rings. The Hall–Kier alpha value is -3.14. The van der Waals surface area contributed by atoms with E-state index in [1.807, 2.05) is 79.7 Å². The Bertz CT molecular complexity index is 881. The molecule has 1 aromatic heterocycles. The second kappa shape index (κ2) is 7.62. The Labute approximate surface area is 147 Å². The van der Waals surface area contributed by atoms with Crippen LogP contribution >= 0.6 is 0 Å². The van der Waals surface area contributed by atoms with Crippen molar-refractivity contribution in [2.45, 2.75) is 13.8 Å². The standard InChI is InChI=1S/C21H20N2O2/c1-3-25-21(24)20-16(2)22-23(18-12-8-5-9-13-18)19(20)15-14-17-10-6-4-7-11-17/h4-15H,3H2,1-2H3/b15-14+. The van der Waals surface area contributed by atoms with E-state index in [0.29, 0.717) is 23.6 Å². The molecule has 126 valence electrons. The molecule has 0 saturated heterocycles. The second-order valence-electron chi connectivity index (χ2n) is 5.56. The molecule has 4 heteroatoms. The van der Waals surface area contributed by atoms with Gasteiger partial charge in [0.2, 0.25) is 0 Å². The summed E-state index contributed by atoms with van der Waals surface area (Å²) in [6.45, 7) is 3.95. The summed E-state index contributed by atoms with van der Waals surface area (Å²) in [7, 11) is 0. The Morgan fingerprint density at radius 1 is 1.04 bits per heavy atom. The normalized spacial score (nSPS) is 11.0. The zero-order valence-electron chi connectivity index (χ0n) is 14.3. The highest BCUT2D eigenvalue weighted by Crippen LogP contribution is 2.22. The molecule has 0 N–H and O–H groups in total. The van der Waals surface area contributed by atoms with Crippen molar-refractivity contribution in [1.29, 1.82) is 0 Å². The zero-order chi connectivity index (χ0) is 17.6. The van der Waals surface area contributed by atoms with E-state index in [1.54, 1.807) is 11.6 Å². The Kier molecular flexibility index (Phi) is 5.09. The van der Waals surface area contributed by atoms with Gasteiger partial charge in [-0.2, -0.15) is 5.10 Å². The lowest BCUT2D eigenvalue weighted by Gasteiger charge is -2.06. The molecule has 3 aromatic rings. The third-order valence-electron chi connectivity index (χ3n) is 3.81. The number of carbonyl (C=O) groups is 1. The van der Waals surface area contributed by atoms with Crippen LogP contribution in [0.1, 0.15) is 34.2 Å². The maximum absolute atomic E-state index is 12.4. The number of rotatable bonds is 5. The van der Waals surface area contributed by atoms with Crippen LogP contribution in [0, 0.1) is 6.92 Å². The van der Waals surface area contributed by atoms with Gasteiger partial charge in [-0.15, -0.1) is 0 Å². The molecule has 2 aromatic carbocycles. The molecule has 0 aliphatic heterocycles. The third kappa shape index (κ3) is 3.69. The van der Waals surface area contributed by atoms with Gasteiger partial charge in [-0.1, -0.05) is 54.6 Å². The largest absolute Gasteiger partial charge is 0.462 e. The molecular weight excluding hydrogens is 312 g/mol. The molecule has 4 nitrogen and oxygen atoms in total. The number of aryl methyl sites for hydroxylation is 1. The van der Waals surface area contributed by atoms with Gasteiger partial charge in [0.15, 0.2) is 0 Å². The Morgan fingerprint density at radius 2 is 1.68 bits per heavy atom. The third-order valence-corrected chi connectivity index (χ3v) is 3.81. The number of esters is 1. The zero-order valence-corrected chi connectivity index (χ0v) is 14.3. The first-order valence-electron chi connectivity index (χ1n) is 8.26. The van der Waals surface area contributed by atoms with E-state index in [0.717, 1.165) is 11.3 Å². The highest BCUT2D eigenvalue weighted by molar-refractivity contribution is 5.95. The molecule has 0 atom stereocenters. The number of hydrogen-bond acceptors (Lipinski definition) is 3. The molecule has 0 aliphatic carbocycles. The van der Waals surface area contributed by atoms with Gasteiger partial charge in [0, 0.05) is 0 Å². The van der Waals surface area contributed by atoms with Crippen LogP contribution in [-0.4, -0.2) is 22.4 Å². The van der Waals surface area contributed by atoms with Gasteiger partial charge < -0.3 is 4.74 Å². The van der Waals surface area contributed by atoms with E-state index in [2.05, 4.69) is 5.10 Å². The first kappa shape index (κ1) is 16.7. The molecule has 0 saturated carbocycles. The molecule has 0 radical (unpaired) electrons. The first-order chi connectivity index (χ1) is 12.2. The summed E-state index contributed by atoms with van der Waals surface area (Å²) in [6.07, 6.45) is 3.88. The van der Waals surface area contributed by atoms with Crippen molar-refractivity contribution in [1.82, 2.24) is 9.78 Å². The fourth-order valence-electron chi connectivity index (χ4n) is 2.66. The lowest BCUT2D eigenvalue weighted by atomic mass is 10.1. The molecule has 0 spiro atoms. The minimum Gasteiger partial charge on any atom is -0.462 e. The van der Waals surface area contributed by atoms with E-state index in [1.165, 1.54) is 0 Å². The van der Waals surface area contributed by atoms with Crippen LogP contribution in [0.25, 0.3) is 17.8 Å². The predicted molar refractivity (Wildman–Crippen MR) is 99.6 cm³/mol. The van der Waals surface area contributed by atoms with E-state index >= 15 is 0 Å². The maximum Gasteiger partial charge on any atom is 0.342 e. The number of carbonyl (C=O) groups excluding carboxylic acids is 1. The minimum atomic E-state index is -0.352. The monoisotopic (exact) mass is 332 g/mol. The summed E-state index contributed by atoms with van der Waals surface area (Å²) < 4.78 is 7.00. The number of benzene rings is 2. The fraction of sp³-hybridized carbons (Fsp3) is 0.143. The molecule has 1 heterocycles. The number of aromatic nitrogens is 2. The summed E-state index contributed by atoms with van der Waals surface area (Å²) in [5, 5.41) is 4.56. The van der Waals surface area contributed by atoms with Gasteiger partial charge in [0.1, 0.15) is 5.56 Å². The van der Waals surface area contributed by atoms with Crippen molar-refractivity contribution in [3.8, 4) is 5.69 Å². The molecule has 0 fully saturated rings. The van der Waals surface area contributed by atoms with Gasteiger partial charge in [0.25, 0.3) is 0 Å². The Balaban J connectivity index is 2.11. The summed E-state index contributed by atoms with van der Waals surface area (Å²) in [5.74, 6) is -0.352. The van der Waals surface area contributed by atoms with Crippen molar-refractivity contribution < 1.29 is 9.53 Å². The topological polar surface area (TPSA) is 44.1 Å². The highest BCUT2D eigenvalue weighted by atomic mass is 16.5. The number of para-hydroxylation sites is 1. The summed E-state index contributed by atoms with van der Waals surface area (Å²) in [6, 6.07) is 19.7. The van der Waals surface area contributed by atoms with Crippen LogP contribution in [0.3, 0.4) is 0 Å². The maximum atomic E-state index is 12.4. The lowest BCUT2D eigenvalue weighted by Crippen LogP contribution is -2.08. The smallest absolute Gasteiger partial charge is 0.342 e. The summed E-state index contributed by atoms with van der Waals surface area (Å²) in [4.78, 5) is 12.4. The SMILES string of the molecule is CCOC(=O)c1c(C)nn(-c2ccccc2)c1/C=C/c1ccccc1. The Morgan fingerprint density at radius 3 is 2.32 bits per heavy atom. The van der Waals surface area contributed by atoms with Crippen LogP contribution in [0.2, 0.25) is 0 Å². The summed E-state index contributed by atoms with van der Waals surface area (Å²) >= 11 is 0. The highest BCUT2D eigenvalue weighted by Gasteiger charge is 2.21. The van der Waals surface area contributed by atoms with Crippen molar-refractivity contribution in [3.05, 3.63) is 83.2 Å². The number of ether oxygens (including phenoxy) is 1. The molecule has 0 bridgehead atoms.